The highest BCUT2D eigenvalue weighted by molar-refractivity contribution is 6.31. The Morgan fingerprint density at radius 1 is 1.23 bits per heavy atom. The van der Waals surface area contributed by atoms with Gasteiger partial charge in [-0.05, 0) is 24.6 Å². The van der Waals surface area contributed by atoms with E-state index < -0.39 is 6.43 Å². The van der Waals surface area contributed by atoms with Crippen LogP contribution < -0.4 is 0 Å². The van der Waals surface area contributed by atoms with Gasteiger partial charge >= 0.3 is 0 Å². The van der Waals surface area contributed by atoms with Crippen molar-refractivity contribution in [3.63, 3.8) is 0 Å². The molecule has 1 amide bonds. The number of aryl methyl sites for hydroxylation is 1. The SMILES string of the molecule is Cc1cc(C(F)F)nn1CC(=O)N1CCN(Cc2ccccc2Cl)CC1. The van der Waals surface area contributed by atoms with Gasteiger partial charge in [-0.25, -0.2) is 8.78 Å². The summed E-state index contributed by atoms with van der Waals surface area (Å²) in [5.74, 6) is -0.102. The van der Waals surface area contributed by atoms with E-state index in [4.69, 9.17) is 11.6 Å². The van der Waals surface area contributed by atoms with E-state index in [9.17, 15) is 13.6 Å². The molecule has 1 aliphatic heterocycles. The van der Waals surface area contributed by atoms with Crippen LogP contribution in [0.3, 0.4) is 0 Å². The number of aromatic nitrogens is 2. The lowest BCUT2D eigenvalue weighted by atomic mass is 10.2. The molecule has 26 heavy (non-hydrogen) atoms. The van der Waals surface area contributed by atoms with Crippen LogP contribution in [0.2, 0.25) is 5.02 Å². The van der Waals surface area contributed by atoms with E-state index in [1.165, 1.54) is 10.7 Å². The lowest BCUT2D eigenvalue weighted by molar-refractivity contribution is -0.133. The number of carbonyl (C=O) groups is 1. The number of piperazine rings is 1. The zero-order chi connectivity index (χ0) is 18.7. The zero-order valence-electron chi connectivity index (χ0n) is 14.5. The summed E-state index contributed by atoms with van der Waals surface area (Å²) < 4.78 is 26.8. The van der Waals surface area contributed by atoms with Gasteiger partial charge in [-0.15, -0.1) is 0 Å². The van der Waals surface area contributed by atoms with Crippen LogP contribution in [0.25, 0.3) is 0 Å². The number of benzene rings is 1. The third-order valence-electron chi connectivity index (χ3n) is 4.59. The molecular weight excluding hydrogens is 362 g/mol. The molecule has 140 valence electrons. The van der Waals surface area contributed by atoms with E-state index in [2.05, 4.69) is 10.00 Å². The summed E-state index contributed by atoms with van der Waals surface area (Å²) in [5, 5.41) is 4.56. The third-order valence-corrected chi connectivity index (χ3v) is 4.95. The fraction of sp³-hybridized carbons (Fsp3) is 0.444. The van der Waals surface area contributed by atoms with E-state index >= 15 is 0 Å². The summed E-state index contributed by atoms with van der Waals surface area (Å²) in [6.07, 6.45) is -2.63. The van der Waals surface area contributed by atoms with Gasteiger partial charge in [0, 0.05) is 43.4 Å². The van der Waals surface area contributed by atoms with Gasteiger partial charge in [0.15, 0.2) is 0 Å². The number of hydrogen-bond acceptors (Lipinski definition) is 3. The molecule has 1 aromatic heterocycles. The molecule has 1 aliphatic rings. The van der Waals surface area contributed by atoms with Crippen molar-refractivity contribution in [3.8, 4) is 0 Å². The topological polar surface area (TPSA) is 41.4 Å². The highest BCUT2D eigenvalue weighted by atomic mass is 35.5. The molecule has 0 radical (unpaired) electrons. The third kappa shape index (κ3) is 4.40. The summed E-state index contributed by atoms with van der Waals surface area (Å²) in [4.78, 5) is 16.5. The van der Waals surface area contributed by atoms with E-state index in [1.807, 2.05) is 24.3 Å². The monoisotopic (exact) mass is 382 g/mol. The summed E-state index contributed by atoms with van der Waals surface area (Å²) in [5.41, 5.74) is 1.34. The van der Waals surface area contributed by atoms with Crippen LogP contribution in [0, 0.1) is 6.92 Å². The fourth-order valence-electron chi connectivity index (χ4n) is 3.05. The Bertz CT molecular complexity index is 772. The van der Waals surface area contributed by atoms with Gasteiger partial charge in [-0.1, -0.05) is 29.8 Å². The maximum absolute atomic E-state index is 12.7. The van der Waals surface area contributed by atoms with Crippen LogP contribution in [-0.2, 0) is 17.9 Å². The molecule has 0 bridgehead atoms. The smallest absolute Gasteiger partial charge is 0.282 e. The molecule has 8 heteroatoms. The first kappa shape index (κ1) is 18.8. The number of alkyl halides is 2. The molecule has 0 N–H and O–H groups in total. The van der Waals surface area contributed by atoms with Gasteiger partial charge in [0.1, 0.15) is 12.2 Å². The van der Waals surface area contributed by atoms with Crippen molar-refractivity contribution in [3.05, 3.63) is 52.3 Å². The van der Waals surface area contributed by atoms with E-state index in [0.29, 0.717) is 18.8 Å². The molecule has 2 aromatic rings. The second-order valence-corrected chi connectivity index (χ2v) is 6.82. The largest absolute Gasteiger partial charge is 0.339 e. The lowest BCUT2D eigenvalue weighted by Gasteiger charge is -2.35. The van der Waals surface area contributed by atoms with Crippen molar-refractivity contribution >= 4 is 17.5 Å². The average molecular weight is 383 g/mol. The first-order valence-corrected chi connectivity index (χ1v) is 8.88. The average Bonchev–Trinajstić information content (AvgIpc) is 2.98. The zero-order valence-corrected chi connectivity index (χ0v) is 15.3. The van der Waals surface area contributed by atoms with Crippen LogP contribution >= 0.6 is 11.6 Å². The normalized spacial score (nSPS) is 15.7. The number of carbonyl (C=O) groups excluding carboxylic acids is 1. The molecule has 0 aliphatic carbocycles. The minimum atomic E-state index is -2.63. The van der Waals surface area contributed by atoms with E-state index in [0.717, 1.165) is 30.2 Å². The van der Waals surface area contributed by atoms with Crippen LogP contribution in [-0.4, -0.2) is 51.7 Å². The van der Waals surface area contributed by atoms with Crippen LogP contribution in [0.1, 0.15) is 23.4 Å². The molecule has 0 atom stereocenters. The van der Waals surface area contributed by atoms with Crippen LogP contribution in [0.15, 0.2) is 30.3 Å². The Hall–Kier alpha value is -1.99. The van der Waals surface area contributed by atoms with Crippen LogP contribution in [0.5, 0.6) is 0 Å². The number of amides is 1. The lowest BCUT2D eigenvalue weighted by Crippen LogP contribution is -2.49. The Kier molecular flexibility index (Phi) is 5.88. The summed E-state index contributed by atoms with van der Waals surface area (Å²) in [7, 11) is 0. The molecule has 1 fully saturated rings. The number of halogens is 3. The Morgan fingerprint density at radius 2 is 1.92 bits per heavy atom. The molecule has 0 saturated carbocycles. The molecule has 5 nitrogen and oxygen atoms in total. The second kappa shape index (κ2) is 8.14. The highest BCUT2D eigenvalue weighted by Crippen LogP contribution is 2.19. The number of rotatable bonds is 5. The quantitative estimate of drug-likeness (QED) is 0.797. The van der Waals surface area contributed by atoms with E-state index in [1.54, 1.807) is 11.8 Å². The molecule has 0 unspecified atom stereocenters. The maximum atomic E-state index is 12.7. The first-order chi connectivity index (χ1) is 12.4. The van der Waals surface area contributed by atoms with Crippen molar-refractivity contribution in [2.24, 2.45) is 0 Å². The van der Waals surface area contributed by atoms with Gasteiger partial charge in [0.25, 0.3) is 6.43 Å². The highest BCUT2D eigenvalue weighted by Gasteiger charge is 2.23. The Labute approximate surface area is 156 Å². The molecular formula is C18H21ClF2N4O. The van der Waals surface area contributed by atoms with Crippen molar-refractivity contribution in [2.75, 3.05) is 26.2 Å². The summed E-state index contributed by atoms with van der Waals surface area (Å²) in [6, 6.07) is 9.05. The van der Waals surface area contributed by atoms with Gasteiger partial charge in [0.2, 0.25) is 5.91 Å². The Morgan fingerprint density at radius 3 is 2.54 bits per heavy atom. The molecule has 2 heterocycles. The van der Waals surface area contributed by atoms with Gasteiger partial charge in [0.05, 0.1) is 0 Å². The van der Waals surface area contributed by atoms with Crippen LogP contribution in [0.4, 0.5) is 8.78 Å². The summed E-state index contributed by atoms with van der Waals surface area (Å²) >= 11 is 6.20. The minimum Gasteiger partial charge on any atom is -0.339 e. The predicted molar refractivity (Wildman–Crippen MR) is 95.2 cm³/mol. The molecule has 0 spiro atoms. The maximum Gasteiger partial charge on any atom is 0.282 e. The number of hydrogen-bond donors (Lipinski definition) is 0. The van der Waals surface area contributed by atoms with Gasteiger partial charge in [-0.2, -0.15) is 5.10 Å². The van der Waals surface area contributed by atoms with Gasteiger partial charge < -0.3 is 4.90 Å². The van der Waals surface area contributed by atoms with Crippen molar-refractivity contribution in [2.45, 2.75) is 26.4 Å². The van der Waals surface area contributed by atoms with Crippen molar-refractivity contribution < 1.29 is 13.6 Å². The van der Waals surface area contributed by atoms with Gasteiger partial charge in [-0.3, -0.25) is 14.4 Å². The first-order valence-electron chi connectivity index (χ1n) is 8.50. The van der Waals surface area contributed by atoms with Crippen molar-refractivity contribution in [1.82, 2.24) is 19.6 Å². The Balaban J connectivity index is 1.53. The number of nitrogens with zero attached hydrogens (tertiary/aromatic N) is 4. The molecule has 1 aromatic carbocycles. The fourth-order valence-corrected chi connectivity index (χ4v) is 3.25. The van der Waals surface area contributed by atoms with Crippen molar-refractivity contribution in [1.29, 1.82) is 0 Å². The standard InChI is InChI=1S/C18H21ClF2N4O/c1-13-10-16(18(20)21)22-25(13)12-17(26)24-8-6-23(7-9-24)11-14-4-2-3-5-15(14)19/h2-5,10,18H,6-9,11-12H2,1H3. The molecule has 1 saturated heterocycles. The molecule has 3 rings (SSSR count). The second-order valence-electron chi connectivity index (χ2n) is 6.42. The van der Waals surface area contributed by atoms with E-state index in [-0.39, 0.29) is 18.1 Å². The predicted octanol–water partition coefficient (Wildman–Crippen LogP) is 3.13. The minimum absolute atomic E-state index is 0.0108. The summed E-state index contributed by atoms with van der Waals surface area (Å²) in [6.45, 7) is 5.11.